The molecule has 0 saturated heterocycles. The van der Waals surface area contributed by atoms with Gasteiger partial charge in [0.05, 0.1) is 7.11 Å². The Balaban J connectivity index is 1.28. The number of hydrogen-bond acceptors (Lipinski definition) is 12. The standard InChI is InChI=1S/C49H46N2O12S2/c1-29-42(61-27-40(54)55)46(64-44(29)37-15-9-13-35(21-37)25-50(31(3)52)23-33-11-7-6-8-12-33)48(58)63-49(59)47-43(62-28-41(56)57)30(2)45(65-47)38-16-10-14-36(22-38)26-51(32(4)53)24-34-17-19-39(60-5)20-18-34/h6-22H,23-28H2,1-5H3,(H,54,55)(H,56,57). The molecule has 65 heavy (non-hydrogen) atoms. The summed E-state index contributed by atoms with van der Waals surface area (Å²) in [6.45, 7) is 5.98. The first kappa shape index (κ1) is 47.2. The van der Waals surface area contributed by atoms with Gasteiger partial charge >= 0.3 is 23.9 Å². The average Bonchev–Trinajstić information content (AvgIpc) is 3.80. The third kappa shape index (κ3) is 12.0. The van der Waals surface area contributed by atoms with Crippen molar-refractivity contribution in [3.8, 4) is 38.1 Å². The molecule has 14 nitrogen and oxygen atoms in total. The highest BCUT2D eigenvalue weighted by atomic mass is 32.1. The first-order valence-corrected chi connectivity index (χ1v) is 21.8. The molecule has 2 N–H and O–H groups in total. The number of benzene rings is 4. The predicted molar refractivity (Wildman–Crippen MR) is 244 cm³/mol. The van der Waals surface area contributed by atoms with Crippen LogP contribution in [-0.2, 0) is 50.1 Å². The van der Waals surface area contributed by atoms with Crippen LogP contribution in [0.3, 0.4) is 0 Å². The van der Waals surface area contributed by atoms with Crippen molar-refractivity contribution in [1.29, 1.82) is 0 Å². The predicted octanol–water partition coefficient (Wildman–Crippen LogP) is 8.79. The van der Waals surface area contributed by atoms with Gasteiger partial charge in [0.2, 0.25) is 11.8 Å². The van der Waals surface area contributed by atoms with Crippen LogP contribution in [0.25, 0.3) is 20.9 Å². The van der Waals surface area contributed by atoms with Gasteiger partial charge in [0.1, 0.15) is 17.2 Å². The summed E-state index contributed by atoms with van der Waals surface area (Å²) in [5, 5.41) is 19.0. The molecule has 0 atom stereocenters. The SMILES string of the molecule is COc1ccc(CN(Cc2cccc(-c3sc(C(=O)OC(=O)c4sc(-c5cccc(CN(Cc6ccccc6)C(C)=O)c5)c(C)c4OCC(=O)O)c(OCC(=O)O)c3C)c2)C(C)=O)cc1. The van der Waals surface area contributed by atoms with Crippen molar-refractivity contribution >= 4 is 58.4 Å². The molecule has 0 aliphatic heterocycles. The van der Waals surface area contributed by atoms with Gasteiger partial charge in [0.25, 0.3) is 0 Å². The molecule has 0 fully saturated rings. The second-order valence-corrected chi connectivity index (χ2v) is 17.0. The van der Waals surface area contributed by atoms with E-state index >= 15 is 0 Å². The second kappa shape index (κ2) is 21.4. The van der Waals surface area contributed by atoms with Crippen LogP contribution in [0.5, 0.6) is 17.2 Å². The van der Waals surface area contributed by atoms with E-state index in [1.165, 1.54) is 13.8 Å². The fourth-order valence-corrected chi connectivity index (χ4v) is 9.23. The molecule has 16 heteroatoms. The monoisotopic (exact) mass is 918 g/mol. The van der Waals surface area contributed by atoms with E-state index in [-0.39, 0.29) is 46.2 Å². The Morgan fingerprint density at radius 3 is 1.34 bits per heavy atom. The molecule has 0 aliphatic rings. The Bertz CT molecular complexity index is 2730. The lowest BCUT2D eigenvalue weighted by atomic mass is 10.1. The van der Waals surface area contributed by atoms with Crippen LogP contribution in [0.1, 0.15) is 66.6 Å². The summed E-state index contributed by atoms with van der Waals surface area (Å²) < 4.78 is 22.0. The summed E-state index contributed by atoms with van der Waals surface area (Å²) in [5.41, 5.74) is 5.56. The van der Waals surface area contributed by atoms with E-state index in [0.717, 1.165) is 44.9 Å². The maximum Gasteiger partial charge on any atom is 0.360 e. The van der Waals surface area contributed by atoms with Gasteiger partial charge < -0.3 is 39.0 Å². The molecule has 4 aromatic carbocycles. The third-order valence-electron chi connectivity index (χ3n) is 10.2. The van der Waals surface area contributed by atoms with Gasteiger partial charge in [-0.15, -0.1) is 22.7 Å². The maximum atomic E-state index is 14.0. The van der Waals surface area contributed by atoms with Crippen LogP contribution >= 0.6 is 22.7 Å². The van der Waals surface area contributed by atoms with Crippen molar-refractivity contribution in [2.75, 3.05) is 20.3 Å². The fraction of sp³-hybridized carbons (Fsp3) is 0.224. The molecular formula is C49H46N2O12S2. The lowest BCUT2D eigenvalue weighted by molar-refractivity contribution is -0.140. The summed E-state index contributed by atoms with van der Waals surface area (Å²) in [6.07, 6.45) is 0. The molecule has 0 radical (unpaired) electrons. The number of aliphatic carboxylic acids is 2. The Labute approximate surface area is 383 Å². The number of esters is 2. The summed E-state index contributed by atoms with van der Waals surface area (Å²) in [5.74, 6) is -4.60. The van der Waals surface area contributed by atoms with E-state index < -0.39 is 37.1 Å². The van der Waals surface area contributed by atoms with Gasteiger partial charge in [-0.1, -0.05) is 78.9 Å². The van der Waals surface area contributed by atoms with Gasteiger partial charge in [-0.25, -0.2) is 19.2 Å². The first-order chi connectivity index (χ1) is 31.1. The summed E-state index contributed by atoms with van der Waals surface area (Å²) in [6, 6.07) is 31.6. The number of thiophene rings is 2. The van der Waals surface area contributed by atoms with E-state index in [2.05, 4.69) is 0 Å². The Hall–Kier alpha value is -7.30. The Morgan fingerprint density at radius 1 is 0.538 bits per heavy atom. The largest absolute Gasteiger partial charge is 0.497 e. The van der Waals surface area contributed by atoms with Crippen LogP contribution in [0, 0.1) is 13.8 Å². The van der Waals surface area contributed by atoms with Crippen molar-refractivity contribution in [3.05, 3.63) is 146 Å². The highest BCUT2D eigenvalue weighted by Crippen LogP contribution is 2.44. The fourth-order valence-electron chi connectivity index (χ4n) is 6.98. The number of ether oxygens (including phenoxy) is 4. The molecule has 2 aromatic heterocycles. The molecule has 336 valence electrons. The van der Waals surface area contributed by atoms with Crippen molar-refractivity contribution in [1.82, 2.24) is 9.80 Å². The zero-order chi connectivity index (χ0) is 46.8. The molecule has 0 bridgehead atoms. The van der Waals surface area contributed by atoms with Crippen molar-refractivity contribution in [2.24, 2.45) is 0 Å². The van der Waals surface area contributed by atoms with Crippen LogP contribution in [0.4, 0.5) is 0 Å². The lowest BCUT2D eigenvalue weighted by Gasteiger charge is -2.22. The lowest BCUT2D eigenvalue weighted by Crippen LogP contribution is -2.27. The van der Waals surface area contributed by atoms with Gasteiger partial charge in [-0.3, -0.25) is 9.59 Å². The van der Waals surface area contributed by atoms with Gasteiger partial charge in [-0.2, -0.15) is 0 Å². The molecule has 0 spiro atoms. The number of nitrogens with zero attached hydrogens (tertiary/aromatic N) is 2. The van der Waals surface area contributed by atoms with Gasteiger partial charge in [-0.05, 0) is 71.5 Å². The molecule has 0 unspecified atom stereocenters. The number of carboxylic acid groups (broad SMARTS) is 2. The number of carbonyl (C=O) groups excluding carboxylic acids is 4. The van der Waals surface area contributed by atoms with E-state index in [9.17, 15) is 39.0 Å². The van der Waals surface area contributed by atoms with E-state index in [0.29, 0.717) is 50.8 Å². The summed E-state index contributed by atoms with van der Waals surface area (Å²) in [4.78, 5) is 80.7. The molecular weight excluding hydrogens is 873 g/mol. The molecule has 0 aliphatic carbocycles. The second-order valence-electron chi connectivity index (χ2n) is 15.0. The molecule has 6 rings (SSSR count). The zero-order valence-corrected chi connectivity index (χ0v) is 37.9. The highest BCUT2D eigenvalue weighted by Gasteiger charge is 2.31. The molecule has 0 saturated carbocycles. The van der Waals surface area contributed by atoms with Crippen LogP contribution in [0.15, 0.2) is 103 Å². The van der Waals surface area contributed by atoms with E-state index in [1.54, 1.807) is 55.0 Å². The quantitative estimate of drug-likeness (QED) is 0.0582. The topological polar surface area (TPSA) is 186 Å². The highest BCUT2D eigenvalue weighted by molar-refractivity contribution is 7.18. The summed E-state index contributed by atoms with van der Waals surface area (Å²) >= 11 is 1.88. The molecule has 2 amide bonds. The Morgan fingerprint density at radius 2 is 0.938 bits per heavy atom. The van der Waals surface area contributed by atoms with Gasteiger partial charge in [0, 0.05) is 60.9 Å². The summed E-state index contributed by atoms with van der Waals surface area (Å²) in [7, 11) is 1.58. The van der Waals surface area contributed by atoms with Crippen LogP contribution in [0.2, 0.25) is 0 Å². The number of carbonyl (C=O) groups is 6. The number of rotatable bonds is 19. The van der Waals surface area contributed by atoms with E-state index in [4.69, 9.17) is 18.9 Å². The average molecular weight is 919 g/mol. The smallest absolute Gasteiger partial charge is 0.360 e. The third-order valence-corrected chi connectivity index (χ3v) is 12.8. The minimum absolute atomic E-state index is 0.0844. The van der Waals surface area contributed by atoms with Crippen molar-refractivity contribution in [3.63, 3.8) is 0 Å². The minimum atomic E-state index is -1.30. The first-order valence-electron chi connectivity index (χ1n) is 20.2. The van der Waals surface area contributed by atoms with Crippen molar-refractivity contribution in [2.45, 2.75) is 53.9 Å². The minimum Gasteiger partial charge on any atom is -0.497 e. The van der Waals surface area contributed by atoms with Crippen LogP contribution < -0.4 is 14.2 Å². The number of hydrogen-bond donors (Lipinski definition) is 2. The van der Waals surface area contributed by atoms with E-state index in [1.807, 2.05) is 78.9 Å². The number of methoxy groups -OCH3 is 1. The molecule has 6 aromatic rings. The van der Waals surface area contributed by atoms with Crippen molar-refractivity contribution < 1.29 is 57.9 Å². The number of amides is 2. The maximum absolute atomic E-state index is 14.0. The molecule has 2 heterocycles. The Kier molecular flexibility index (Phi) is 15.5. The normalized spacial score (nSPS) is 10.8. The van der Waals surface area contributed by atoms with Gasteiger partial charge in [0.15, 0.2) is 23.0 Å². The zero-order valence-electron chi connectivity index (χ0n) is 36.2. The van der Waals surface area contributed by atoms with Crippen LogP contribution in [-0.4, -0.2) is 76.0 Å². The number of carboxylic acids is 2.